The molecule has 30 heavy (non-hydrogen) atoms. The van der Waals surface area contributed by atoms with Gasteiger partial charge in [-0.1, -0.05) is 38.8 Å². The quantitative estimate of drug-likeness (QED) is 0.405. The standard InChI is InChI=1S/C22H28FNO5S/c1-3-5-11-22(4-2)14-30(28,29)19-10-9-16(23)13-18(19)20(21(22)25)15-7-6-8-17(12-15)24(26)27/h6-10,13,15,20-21,25H,3-5,11-12,14H2,1-2H3/t15?,20-,21-,22-/m1/s1. The van der Waals surface area contributed by atoms with E-state index in [1.807, 2.05) is 13.8 Å². The van der Waals surface area contributed by atoms with E-state index in [-0.39, 0.29) is 28.3 Å². The maximum absolute atomic E-state index is 14.2. The van der Waals surface area contributed by atoms with Crippen LogP contribution in [0, 0.1) is 27.3 Å². The third-order valence-electron chi connectivity index (χ3n) is 6.63. The Balaban J connectivity index is 2.20. The fourth-order valence-corrected chi connectivity index (χ4v) is 7.19. The van der Waals surface area contributed by atoms with Gasteiger partial charge in [-0.15, -0.1) is 0 Å². The molecule has 0 spiro atoms. The smallest absolute Gasteiger partial charge is 0.246 e. The van der Waals surface area contributed by atoms with Crippen LogP contribution >= 0.6 is 0 Å². The number of allylic oxidation sites excluding steroid dienone is 4. The summed E-state index contributed by atoms with van der Waals surface area (Å²) in [7, 11) is -3.78. The summed E-state index contributed by atoms with van der Waals surface area (Å²) in [6.07, 6.45) is 6.26. The van der Waals surface area contributed by atoms with Crippen LogP contribution in [0.25, 0.3) is 0 Å². The van der Waals surface area contributed by atoms with Gasteiger partial charge in [-0.05, 0) is 42.5 Å². The molecule has 1 unspecified atom stereocenters. The predicted molar refractivity (Wildman–Crippen MR) is 112 cm³/mol. The summed E-state index contributed by atoms with van der Waals surface area (Å²) in [6.45, 7) is 3.86. The number of hydrogen-bond donors (Lipinski definition) is 1. The number of benzene rings is 1. The van der Waals surface area contributed by atoms with E-state index in [1.165, 1.54) is 18.2 Å². The van der Waals surface area contributed by atoms with Crippen LogP contribution in [-0.2, 0) is 9.84 Å². The number of nitro groups is 1. The highest BCUT2D eigenvalue weighted by molar-refractivity contribution is 7.91. The van der Waals surface area contributed by atoms with Gasteiger partial charge in [-0.25, -0.2) is 12.8 Å². The van der Waals surface area contributed by atoms with E-state index < -0.39 is 43.9 Å². The normalized spacial score (nSPS) is 30.3. The van der Waals surface area contributed by atoms with Crippen LogP contribution in [0.15, 0.2) is 47.0 Å². The first-order chi connectivity index (χ1) is 14.1. The Morgan fingerprint density at radius 2 is 2.07 bits per heavy atom. The van der Waals surface area contributed by atoms with Crippen LogP contribution in [0.3, 0.4) is 0 Å². The predicted octanol–water partition coefficient (Wildman–Crippen LogP) is 4.38. The molecule has 1 aliphatic heterocycles. The topological polar surface area (TPSA) is 97.5 Å². The Bertz CT molecular complexity index is 987. The van der Waals surface area contributed by atoms with E-state index in [2.05, 4.69) is 0 Å². The first-order valence-electron chi connectivity index (χ1n) is 10.4. The van der Waals surface area contributed by atoms with Crippen molar-refractivity contribution in [2.24, 2.45) is 11.3 Å². The molecule has 1 N–H and O–H groups in total. The molecule has 1 aromatic rings. The molecule has 2 aliphatic rings. The van der Waals surface area contributed by atoms with Crippen molar-refractivity contribution in [1.82, 2.24) is 0 Å². The highest BCUT2D eigenvalue weighted by atomic mass is 32.2. The van der Waals surface area contributed by atoms with E-state index in [0.717, 1.165) is 18.9 Å². The largest absolute Gasteiger partial charge is 0.392 e. The first-order valence-corrected chi connectivity index (χ1v) is 12.0. The highest BCUT2D eigenvalue weighted by Gasteiger charge is 2.50. The molecule has 1 heterocycles. The van der Waals surface area contributed by atoms with Gasteiger partial charge in [0.1, 0.15) is 5.82 Å². The van der Waals surface area contributed by atoms with Crippen molar-refractivity contribution in [3.8, 4) is 0 Å². The Labute approximate surface area is 176 Å². The van der Waals surface area contributed by atoms with Gasteiger partial charge < -0.3 is 5.11 Å². The fraction of sp³-hybridized carbons (Fsp3) is 0.545. The lowest BCUT2D eigenvalue weighted by molar-refractivity contribution is -0.429. The third-order valence-corrected chi connectivity index (χ3v) is 8.63. The summed E-state index contributed by atoms with van der Waals surface area (Å²) in [4.78, 5) is 10.9. The van der Waals surface area contributed by atoms with Crippen molar-refractivity contribution in [2.75, 3.05) is 5.75 Å². The number of unbranched alkanes of at least 4 members (excludes halogenated alkanes) is 1. The van der Waals surface area contributed by atoms with Gasteiger partial charge in [0.15, 0.2) is 9.84 Å². The van der Waals surface area contributed by atoms with Crippen molar-refractivity contribution < 1.29 is 22.8 Å². The second-order valence-corrected chi connectivity index (χ2v) is 10.4. The zero-order valence-corrected chi connectivity index (χ0v) is 18.1. The molecule has 1 aromatic carbocycles. The summed E-state index contributed by atoms with van der Waals surface area (Å²) in [5.74, 6) is -2.08. The number of fused-ring (bicyclic) bond motifs is 1. The van der Waals surface area contributed by atoms with Crippen LogP contribution in [0.2, 0.25) is 0 Å². The molecule has 1 aliphatic carbocycles. The lowest BCUT2D eigenvalue weighted by Gasteiger charge is -2.41. The van der Waals surface area contributed by atoms with Crippen molar-refractivity contribution in [3.63, 3.8) is 0 Å². The molecule has 0 saturated heterocycles. The Hall–Kier alpha value is -2.06. The minimum atomic E-state index is -3.78. The van der Waals surface area contributed by atoms with Gasteiger partial charge in [0.2, 0.25) is 5.70 Å². The van der Waals surface area contributed by atoms with Crippen molar-refractivity contribution in [1.29, 1.82) is 0 Å². The minimum absolute atomic E-state index is 0.00425. The number of sulfone groups is 1. The molecular formula is C22H28FNO5S. The van der Waals surface area contributed by atoms with Crippen LogP contribution < -0.4 is 0 Å². The SMILES string of the molecule is CCCC[C@]1(CC)CS(=O)(=O)c2ccc(F)cc2[C@@H](C2C=CC=C([N+](=O)[O-])C2)[C@H]1O. The van der Waals surface area contributed by atoms with Gasteiger partial charge in [0.25, 0.3) is 0 Å². The number of aliphatic hydroxyl groups excluding tert-OH is 1. The van der Waals surface area contributed by atoms with Gasteiger partial charge in [-0.2, -0.15) is 0 Å². The monoisotopic (exact) mass is 437 g/mol. The Morgan fingerprint density at radius 1 is 1.33 bits per heavy atom. The molecule has 8 heteroatoms. The average molecular weight is 438 g/mol. The maximum Gasteiger partial charge on any atom is 0.246 e. The molecule has 6 nitrogen and oxygen atoms in total. The minimum Gasteiger partial charge on any atom is -0.392 e. The molecule has 0 amide bonds. The molecular weight excluding hydrogens is 409 g/mol. The lowest BCUT2D eigenvalue weighted by atomic mass is 9.66. The number of hydrogen-bond acceptors (Lipinski definition) is 5. The summed E-state index contributed by atoms with van der Waals surface area (Å²) >= 11 is 0. The van der Waals surface area contributed by atoms with Gasteiger partial charge in [-0.3, -0.25) is 10.1 Å². The highest BCUT2D eigenvalue weighted by Crippen LogP contribution is 2.50. The molecule has 0 saturated carbocycles. The Kier molecular flexibility index (Phi) is 6.48. The second-order valence-electron chi connectivity index (χ2n) is 8.40. The van der Waals surface area contributed by atoms with Crippen molar-refractivity contribution in [2.45, 2.75) is 62.9 Å². The second kappa shape index (κ2) is 8.59. The van der Waals surface area contributed by atoms with Gasteiger partial charge in [0, 0.05) is 23.8 Å². The lowest BCUT2D eigenvalue weighted by Crippen LogP contribution is -2.44. The van der Waals surface area contributed by atoms with Gasteiger partial charge >= 0.3 is 0 Å². The van der Waals surface area contributed by atoms with Crippen molar-refractivity contribution >= 4 is 9.84 Å². The maximum atomic E-state index is 14.2. The number of aliphatic hydroxyl groups is 1. The van der Waals surface area contributed by atoms with E-state index in [0.29, 0.717) is 12.8 Å². The molecule has 0 radical (unpaired) electrons. The van der Waals surface area contributed by atoms with E-state index in [9.17, 15) is 28.0 Å². The number of halogens is 1. The molecule has 4 atom stereocenters. The van der Waals surface area contributed by atoms with Crippen LogP contribution in [0.5, 0.6) is 0 Å². The van der Waals surface area contributed by atoms with Gasteiger partial charge in [0.05, 0.1) is 21.7 Å². The van der Waals surface area contributed by atoms with Crippen LogP contribution in [-0.4, -0.2) is 30.3 Å². The summed E-state index contributed by atoms with van der Waals surface area (Å²) in [6, 6.07) is 3.55. The average Bonchev–Trinajstić information content (AvgIpc) is 2.77. The number of nitrogens with zero attached hydrogens (tertiary/aromatic N) is 1. The van der Waals surface area contributed by atoms with E-state index in [4.69, 9.17) is 0 Å². The fourth-order valence-electron chi connectivity index (χ4n) is 4.93. The zero-order valence-electron chi connectivity index (χ0n) is 17.3. The molecule has 0 aromatic heterocycles. The Morgan fingerprint density at radius 3 is 2.70 bits per heavy atom. The summed E-state index contributed by atoms with van der Waals surface area (Å²) < 4.78 is 40.8. The first kappa shape index (κ1) is 22.6. The number of rotatable bonds is 6. The van der Waals surface area contributed by atoms with E-state index in [1.54, 1.807) is 12.2 Å². The van der Waals surface area contributed by atoms with Crippen LogP contribution in [0.4, 0.5) is 4.39 Å². The molecule has 0 bridgehead atoms. The summed E-state index contributed by atoms with van der Waals surface area (Å²) in [5, 5.41) is 23.0. The zero-order chi connectivity index (χ0) is 22.1. The molecule has 3 rings (SSSR count). The molecule has 0 fully saturated rings. The van der Waals surface area contributed by atoms with Crippen LogP contribution in [0.1, 0.15) is 57.4 Å². The third kappa shape index (κ3) is 4.07. The molecule has 164 valence electrons. The summed E-state index contributed by atoms with van der Waals surface area (Å²) in [5.41, 5.74) is -0.692. The van der Waals surface area contributed by atoms with Crippen molar-refractivity contribution in [3.05, 3.63) is 63.6 Å². The van der Waals surface area contributed by atoms with E-state index >= 15 is 0 Å².